The second-order valence-electron chi connectivity index (χ2n) is 6.99. The highest BCUT2D eigenvalue weighted by atomic mass is 35.5. The van der Waals surface area contributed by atoms with E-state index in [2.05, 4.69) is 15.0 Å². The molecule has 0 bridgehead atoms. The number of sulfonamides is 1. The minimum atomic E-state index is -3.64. The van der Waals surface area contributed by atoms with Gasteiger partial charge < -0.3 is 9.42 Å². The first-order valence-corrected chi connectivity index (χ1v) is 11.1. The van der Waals surface area contributed by atoms with Crippen molar-refractivity contribution in [2.75, 3.05) is 31.1 Å². The highest BCUT2D eigenvalue weighted by molar-refractivity contribution is 7.89. The smallest absolute Gasteiger partial charge is 0.243 e. The number of aromatic nitrogens is 2. The number of anilines is 1. The fraction of sp³-hybridized carbons (Fsp3) is 0.300. The average molecular weight is 433 g/mol. The van der Waals surface area contributed by atoms with Crippen molar-refractivity contribution in [1.82, 2.24) is 14.4 Å². The first-order chi connectivity index (χ1) is 13.8. The van der Waals surface area contributed by atoms with Crippen LogP contribution in [-0.4, -0.2) is 49.0 Å². The lowest BCUT2D eigenvalue weighted by molar-refractivity contribution is 0.384. The Labute approximate surface area is 174 Å². The van der Waals surface area contributed by atoms with Crippen molar-refractivity contribution >= 4 is 27.3 Å². The molecular formula is C20H21ClN4O3S. The van der Waals surface area contributed by atoms with Crippen LogP contribution >= 0.6 is 11.6 Å². The number of aryl methyl sites for hydroxylation is 2. The summed E-state index contributed by atoms with van der Waals surface area (Å²) >= 11 is 6.08. The summed E-state index contributed by atoms with van der Waals surface area (Å²) in [6.45, 7) is 5.49. The lowest BCUT2D eigenvalue weighted by atomic mass is 10.1. The van der Waals surface area contributed by atoms with Gasteiger partial charge >= 0.3 is 0 Å². The molecule has 0 radical (unpaired) electrons. The fourth-order valence-corrected chi connectivity index (χ4v) is 5.29. The molecule has 0 saturated carbocycles. The molecule has 0 aliphatic carbocycles. The largest absolute Gasteiger partial charge is 0.369 e. The highest BCUT2D eigenvalue weighted by Crippen LogP contribution is 2.28. The summed E-state index contributed by atoms with van der Waals surface area (Å²) in [5.74, 6) is 0.812. The molecule has 1 aliphatic heterocycles. The Balaban J connectivity index is 1.56. The van der Waals surface area contributed by atoms with Crippen molar-refractivity contribution in [3.63, 3.8) is 0 Å². The van der Waals surface area contributed by atoms with Gasteiger partial charge in [-0.2, -0.15) is 9.29 Å². The van der Waals surface area contributed by atoms with Crippen LogP contribution in [0.4, 0.5) is 5.69 Å². The summed E-state index contributed by atoms with van der Waals surface area (Å²) in [4.78, 5) is 6.61. The normalized spacial score (nSPS) is 15.6. The topological polar surface area (TPSA) is 79.5 Å². The van der Waals surface area contributed by atoms with Gasteiger partial charge in [-0.3, -0.25) is 0 Å². The molecule has 1 fully saturated rings. The molecule has 4 rings (SSSR count). The first-order valence-electron chi connectivity index (χ1n) is 9.26. The molecule has 1 aliphatic rings. The number of hydrogen-bond acceptors (Lipinski definition) is 6. The van der Waals surface area contributed by atoms with E-state index in [0.29, 0.717) is 54.0 Å². The summed E-state index contributed by atoms with van der Waals surface area (Å²) in [6.07, 6.45) is 0. The van der Waals surface area contributed by atoms with E-state index in [-0.39, 0.29) is 4.90 Å². The van der Waals surface area contributed by atoms with Gasteiger partial charge in [0.05, 0.1) is 4.90 Å². The standard InChI is InChI=1S/C20H21ClN4O3S/c1-14-6-7-16(20-22-15(2)28-23-20)12-19(14)29(26,27)25-10-8-24(9-11-25)18-5-3-4-17(21)13-18/h3-7,12-13H,8-11H2,1-2H3. The van der Waals surface area contributed by atoms with Crippen molar-refractivity contribution in [2.45, 2.75) is 18.7 Å². The van der Waals surface area contributed by atoms with Crippen molar-refractivity contribution < 1.29 is 12.9 Å². The Morgan fingerprint density at radius 2 is 1.79 bits per heavy atom. The average Bonchev–Trinajstić information content (AvgIpc) is 3.14. The van der Waals surface area contributed by atoms with Crippen LogP contribution in [0.3, 0.4) is 0 Å². The molecule has 1 saturated heterocycles. The maximum absolute atomic E-state index is 13.3. The molecule has 1 aromatic heterocycles. The number of hydrogen-bond donors (Lipinski definition) is 0. The summed E-state index contributed by atoms with van der Waals surface area (Å²) in [5.41, 5.74) is 2.30. The predicted molar refractivity (Wildman–Crippen MR) is 112 cm³/mol. The minimum Gasteiger partial charge on any atom is -0.369 e. The molecule has 0 amide bonds. The van der Waals surface area contributed by atoms with E-state index in [1.165, 1.54) is 4.31 Å². The molecule has 2 aromatic carbocycles. The third-order valence-corrected chi connectivity index (χ3v) is 7.28. The Kier molecular flexibility index (Phi) is 5.33. The Morgan fingerprint density at radius 3 is 2.45 bits per heavy atom. The number of rotatable bonds is 4. The first kappa shape index (κ1) is 19.9. The molecule has 2 heterocycles. The van der Waals surface area contributed by atoms with Gasteiger partial charge in [0, 0.05) is 49.4 Å². The van der Waals surface area contributed by atoms with E-state index in [9.17, 15) is 8.42 Å². The van der Waals surface area contributed by atoms with Crippen LogP contribution in [-0.2, 0) is 10.0 Å². The monoisotopic (exact) mass is 432 g/mol. The van der Waals surface area contributed by atoms with E-state index in [0.717, 1.165) is 5.69 Å². The molecule has 7 nitrogen and oxygen atoms in total. The van der Waals surface area contributed by atoms with Gasteiger partial charge in [0.25, 0.3) is 0 Å². The lowest BCUT2D eigenvalue weighted by Gasteiger charge is -2.35. The summed E-state index contributed by atoms with van der Waals surface area (Å²) in [6, 6.07) is 12.8. The van der Waals surface area contributed by atoms with E-state index >= 15 is 0 Å². The van der Waals surface area contributed by atoms with Crippen LogP contribution in [0.25, 0.3) is 11.4 Å². The quantitative estimate of drug-likeness (QED) is 0.627. The van der Waals surface area contributed by atoms with Crippen molar-refractivity contribution in [2.24, 2.45) is 0 Å². The van der Waals surface area contributed by atoms with Crippen LogP contribution in [0.2, 0.25) is 5.02 Å². The van der Waals surface area contributed by atoms with Crippen LogP contribution in [0.5, 0.6) is 0 Å². The van der Waals surface area contributed by atoms with Crippen molar-refractivity contribution in [3.8, 4) is 11.4 Å². The molecule has 0 N–H and O–H groups in total. The van der Waals surface area contributed by atoms with E-state index < -0.39 is 10.0 Å². The summed E-state index contributed by atoms with van der Waals surface area (Å²) in [7, 11) is -3.64. The van der Waals surface area contributed by atoms with Gasteiger partial charge in [0.2, 0.25) is 21.7 Å². The third kappa shape index (κ3) is 4.01. The number of piperazine rings is 1. The van der Waals surface area contributed by atoms with Crippen molar-refractivity contribution in [3.05, 3.63) is 58.9 Å². The second-order valence-corrected chi connectivity index (χ2v) is 9.33. The van der Waals surface area contributed by atoms with Crippen LogP contribution in [0, 0.1) is 13.8 Å². The Bertz CT molecular complexity index is 1140. The number of halogens is 1. The number of benzene rings is 2. The third-order valence-electron chi connectivity index (χ3n) is 5.00. The molecular weight excluding hydrogens is 412 g/mol. The maximum atomic E-state index is 13.3. The fourth-order valence-electron chi connectivity index (χ4n) is 3.43. The van der Waals surface area contributed by atoms with E-state index in [4.69, 9.17) is 16.1 Å². The van der Waals surface area contributed by atoms with Crippen LogP contribution < -0.4 is 4.90 Å². The zero-order valence-electron chi connectivity index (χ0n) is 16.2. The van der Waals surface area contributed by atoms with Gasteiger partial charge in [0.1, 0.15) is 0 Å². The zero-order chi connectivity index (χ0) is 20.6. The lowest BCUT2D eigenvalue weighted by Crippen LogP contribution is -2.48. The maximum Gasteiger partial charge on any atom is 0.243 e. The molecule has 3 aromatic rings. The molecule has 152 valence electrons. The van der Waals surface area contributed by atoms with Gasteiger partial charge in [0.15, 0.2) is 0 Å². The van der Waals surface area contributed by atoms with Crippen LogP contribution in [0.1, 0.15) is 11.5 Å². The summed E-state index contributed by atoms with van der Waals surface area (Å²) < 4.78 is 33.2. The Hall–Kier alpha value is -2.42. The minimum absolute atomic E-state index is 0.272. The molecule has 9 heteroatoms. The molecule has 29 heavy (non-hydrogen) atoms. The zero-order valence-corrected chi connectivity index (χ0v) is 17.7. The van der Waals surface area contributed by atoms with Gasteiger partial charge in [-0.25, -0.2) is 8.42 Å². The van der Waals surface area contributed by atoms with Crippen LogP contribution in [0.15, 0.2) is 51.9 Å². The molecule has 0 atom stereocenters. The van der Waals surface area contributed by atoms with Crippen molar-refractivity contribution in [1.29, 1.82) is 0 Å². The second kappa shape index (κ2) is 7.78. The molecule has 0 spiro atoms. The van der Waals surface area contributed by atoms with Gasteiger partial charge in [-0.05, 0) is 36.8 Å². The highest BCUT2D eigenvalue weighted by Gasteiger charge is 2.30. The molecule has 0 unspecified atom stereocenters. The van der Waals surface area contributed by atoms with Gasteiger partial charge in [-0.1, -0.05) is 35.0 Å². The van der Waals surface area contributed by atoms with E-state index in [1.807, 2.05) is 24.3 Å². The van der Waals surface area contributed by atoms with E-state index in [1.54, 1.807) is 32.0 Å². The predicted octanol–water partition coefficient (Wildman–Crippen LogP) is 3.52. The van der Waals surface area contributed by atoms with Gasteiger partial charge in [-0.15, -0.1) is 0 Å². The summed E-state index contributed by atoms with van der Waals surface area (Å²) in [5, 5.41) is 4.56. The Morgan fingerprint density at radius 1 is 1.03 bits per heavy atom. The SMILES string of the molecule is Cc1nc(-c2ccc(C)c(S(=O)(=O)N3CCN(c4cccc(Cl)c4)CC3)c2)no1. The number of nitrogens with zero attached hydrogens (tertiary/aromatic N) is 4.